The first-order valence-corrected chi connectivity index (χ1v) is 6.32. The van der Waals surface area contributed by atoms with Crippen LogP contribution in [0.4, 0.5) is 0 Å². The van der Waals surface area contributed by atoms with Crippen molar-refractivity contribution in [1.82, 2.24) is 9.36 Å². The summed E-state index contributed by atoms with van der Waals surface area (Å²) in [6, 6.07) is 1.05. The lowest BCUT2D eigenvalue weighted by molar-refractivity contribution is 0.290. The molecule has 2 N–H and O–H groups in total. The number of aromatic nitrogens is 2. The molecule has 20 heavy (non-hydrogen) atoms. The number of fused-ring (bicyclic) bond motifs is 1. The number of rotatable bonds is 0. The summed E-state index contributed by atoms with van der Waals surface area (Å²) in [5.41, 5.74) is -1.63. The molecule has 0 amide bonds. The molecule has 1 heterocycles. The fraction of sp³-hybridized carbons (Fsp3) is 0.385. The molecule has 108 valence electrons. The molecule has 2 aromatic rings. The molecule has 1 aromatic carbocycles. The van der Waals surface area contributed by atoms with Crippen LogP contribution in [0.15, 0.2) is 15.7 Å². The summed E-state index contributed by atoms with van der Waals surface area (Å²) >= 11 is 5.91. The number of nitrogens with zero attached hydrogens (tertiary/aromatic N) is 2. The molecule has 1 aromatic heterocycles. The van der Waals surface area contributed by atoms with E-state index in [0.29, 0.717) is 0 Å². The van der Waals surface area contributed by atoms with Crippen LogP contribution in [-0.2, 0) is 12.6 Å². The number of hydrogen-bond acceptors (Lipinski definition) is 4. The fourth-order valence-corrected chi connectivity index (χ4v) is 2.55. The largest absolute Gasteiger partial charge is 0.504 e. The Hall–Kier alpha value is -1.95. The van der Waals surface area contributed by atoms with Crippen molar-refractivity contribution in [2.45, 2.75) is 26.3 Å². The van der Waals surface area contributed by atoms with Crippen LogP contribution in [0.5, 0.6) is 11.5 Å². The number of benzene rings is 1. The third-order valence-corrected chi connectivity index (χ3v) is 3.45. The molecule has 0 atom stereocenters. The van der Waals surface area contributed by atoms with E-state index in [9.17, 15) is 19.8 Å². The number of hydrogen-bond donors (Lipinski definition) is 2. The highest BCUT2D eigenvalue weighted by Crippen LogP contribution is 2.37. The number of halogens is 1. The van der Waals surface area contributed by atoms with E-state index >= 15 is 0 Å². The maximum atomic E-state index is 12.6. The summed E-state index contributed by atoms with van der Waals surface area (Å²) in [4.78, 5) is 24.9. The fourth-order valence-electron chi connectivity index (χ4n) is 2.27. The molecule has 0 bridgehead atoms. The zero-order valence-electron chi connectivity index (χ0n) is 11.6. The Labute approximate surface area is 119 Å². The Kier molecular flexibility index (Phi) is 3.09. The van der Waals surface area contributed by atoms with Crippen molar-refractivity contribution in [2.75, 3.05) is 0 Å². The standard InChI is InChI=1S/C13H15ClN2O4/c1-13(2,3)16-12(20)8-6(11(19)15(16)4)5-7(17)10(18)9(8)14/h5,17-18H,1-4H3. The molecule has 0 fully saturated rings. The highest BCUT2D eigenvalue weighted by Gasteiger charge is 2.24. The smallest absolute Gasteiger partial charge is 0.275 e. The second kappa shape index (κ2) is 4.28. The van der Waals surface area contributed by atoms with Gasteiger partial charge in [-0.15, -0.1) is 0 Å². The highest BCUT2D eigenvalue weighted by atomic mass is 35.5. The Morgan fingerprint density at radius 2 is 1.70 bits per heavy atom. The molecule has 0 saturated carbocycles. The third-order valence-electron chi connectivity index (χ3n) is 3.09. The molecule has 0 aliphatic rings. The Morgan fingerprint density at radius 3 is 2.20 bits per heavy atom. The van der Waals surface area contributed by atoms with Crippen LogP contribution in [0.2, 0.25) is 5.02 Å². The molecule has 0 radical (unpaired) electrons. The maximum Gasteiger partial charge on any atom is 0.275 e. The van der Waals surface area contributed by atoms with Crippen molar-refractivity contribution in [1.29, 1.82) is 0 Å². The average molecular weight is 299 g/mol. The highest BCUT2D eigenvalue weighted by molar-refractivity contribution is 6.37. The molecule has 0 spiro atoms. The Balaban J connectivity index is 3.20. The van der Waals surface area contributed by atoms with E-state index in [0.717, 1.165) is 6.07 Å². The van der Waals surface area contributed by atoms with Crippen LogP contribution in [0.3, 0.4) is 0 Å². The minimum absolute atomic E-state index is 0.0294. The SMILES string of the molecule is Cn1c(=O)c2cc(O)c(O)c(Cl)c2c(=O)n1C(C)(C)C. The van der Waals surface area contributed by atoms with E-state index in [1.165, 1.54) is 16.4 Å². The zero-order valence-corrected chi connectivity index (χ0v) is 12.3. The van der Waals surface area contributed by atoms with Gasteiger partial charge in [0.25, 0.3) is 11.1 Å². The van der Waals surface area contributed by atoms with Gasteiger partial charge < -0.3 is 10.2 Å². The van der Waals surface area contributed by atoms with Gasteiger partial charge in [-0.1, -0.05) is 11.6 Å². The molecular weight excluding hydrogens is 284 g/mol. The molecule has 0 aliphatic heterocycles. The van der Waals surface area contributed by atoms with E-state index < -0.39 is 28.2 Å². The minimum Gasteiger partial charge on any atom is -0.504 e. The Morgan fingerprint density at radius 1 is 1.15 bits per heavy atom. The first-order valence-electron chi connectivity index (χ1n) is 5.94. The summed E-state index contributed by atoms with van der Waals surface area (Å²) in [6.45, 7) is 5.32. The molecular formula is C13H15ClN2O4. The predicted octanol–water partition coefficient (Wildman–Crippen LogP) is 1.52. The molecule has 0 aliphatic carbocycles. The summed E-state index contributed by atoms with van der Waals surface area (Å²) < 4.78 is 2.44. The van der Waals surface area contributed by atoms with Crippen molar-refractivity contribution in [2.24, 2.45) is 7.05 Å². The van der Waals surface area contributed by atoms with Gasteiger partial charge in [-0.05, 0) is 26.8 Å². The first-order chi connectivity index (χ1) is 9.07. The van der Waals surface area contributed by atoms with E-state index in [-0.39, 0.29) is 15.8 Å². The number of phenols is 2. The molecule has 6 nitrogen and oxygen atoms in total. The van der Waals surface area contributed by atoms with Crippen LogP contribution in [-0.4, -0.2) is 19.6 Å². The normalized spacial score (nSPS) is 12.1. The van der Waals surface area contributed by atoms with Gasteiger partial charge >= 0.3 is 0 Å². The monoisotopic (exact) mass is 298 g/mol. The minimum atomic E-state index is -0.643. The molecule has 0 unspecified atom stereocenters. The van der Waals surface area contributed by atoms with Crippen molar-refractivity contribution >= 4 is 22.4 Å². The van der Waals surface area contributed by atoms with Crippen LogP contribution in [0, 0.1) is 0 Å². The van der Waals surface area contributed by atoms with Gasteiger partial charge in [0.1, 0.15) is 0 Å². The van der Waals surface area contributed by atoms with Crippen molar-refractivity contribution in [3.05, 3.63) is 31.8 Å². The number of aromatic hydroxyl groups is 2. The van der Waals surface area contributed by atoms with Gasteiger partial charge in [0.05, 0.1) is 21.3 Å². The van der Waals surface area contributed by atoms with Gasteiger partial charge in [0, 0.05) is 7.05 Å². The summed E-state index contributed by atoms with van der Waals surface area (Å²) in [5, 5.41) is 18.7. The van der Waals surface area contributed by atoms with Crippen molar-refractivity contribution < 1.29 is 10.2 Å². The van der Waals surface area contributed by atoms with Gasteiger partial charge in [-0.25, -0.2) is 9.36 Å². The van der Waals surface area contributed by atoms with Gasteiger partial charge in [-0.3, -0.25) is 9.59 Å². The lowest BCUT2D eigenvalue weighted by Crippen LogP contribution is -2.45. The van der Waals surface area contributed by atoms with E-state index in [1.54, 1.807) is 20.8 Å². The van der Waals surface area contributed by atoms with E-state index in [2.05, 4.69) is 0 Å². The summed E-state index contributed by atoms with van der Waals surface area (Å²) in [6.07, 6.45) is 0. The lowest BCUT2D eigenvalue weighted by atomic mass is 10.1. The van der Waals surface area contributed by atoms with Gasteiger partial charge in [0.15, 0.2) is 11.5 Å². The van der Waals surface area contributed by atoms with Gasteiger partial charge in [-0.2, -0.15) is 0 Å². The van der Waals surface area contributed by atoms with Crippen LogP contribution in [0.25, 0.3) is 10.8 Å². The van der Waals surface area contributed by atoms with E-state index in [1.807, 2.05) is 0 Å². The Bertz CT molecular complexity index is 828. The van der Waals surface area contributed by atoms with Crippen LogP contribution < -0.4 is 11.1 Å². The van der Waals surface area contributed by atoms with Crippen molar-refractivity contribution in [3.8, 4) is 11.5 Å². The molecule has 0 saturated heterocycles. The van der Waals surface area contributed by atoms with Gasteiger partial charge in [0.2, 0.25) is 0 Å². The topological polar surface area (TPSA) is 84.5 Å². The second-order valence-corrected chi connectivity index (χ2v) is 5.98. The maximum absolute atomic E-state index is 12.6. The lowest BCUT2D eigenvalue weighted by Gasteiger charge is -2.26. The zero-order chi connectivity index (χ0) is 15.4. The quantitative estimate of drug-likeness (QED) is 0.722. The molecule has 2 rings (SSSR count). The van der Waals surface area contributed by atoms with Crippen LogP contribution >= 0.6 is 11.6 Å². The summed E-state index contributed by atoms with van der Waals surface area (Å²) in [7, 11) is 1.46. The van der Waals surface area contributed by atoms with Crippen LogP contribution in [0.1, 0.15) is 20.8 Å². The molecule has 7 heteroatoms. The van der Waals surface area contributed by atoms with E-state index in [4.69, 9.17) is 11.6 Å². The summed E-state index contributed by atoms with van der Waals surface area (Å²) in [5.74, 6) is -1.14. The second-order valence-electron chi connectivity index (χ2n) is 5.60. The predicted molar refractivity (Wildman–Crippen MR) is 76.8 cm³/mol. The average Bonchev–Trinajstić information content (AvgIpc) is 2.31. The third kappa shape index (κ3) is 1.87. The first kappa shape index (κ1) is 14.5. The van der Waals surface area contributed by atoms with Crippen molar-refractivity contribution in [3.63, 3.8) is 0 Å². The number of phenolic OH excluding ortho intramolecular Hbond substituents is 2.